The minimum Gasteiger partial charge on any atom is -0.323 e. The Labute approximate surface area is 107 Å². The van der Waals surface area contributed by atoms with Crippen molar-refractivity contribution >= 4 is 11.8 Å². The van der Waals surface area contributed by atoms with Crippen LogP contribution in [-0.2, 0) is 6.18 Å². The molecule has 0 aromatic heterocycles. The molecule has 1 fully saturated rings. The number of hydrogen-bond donors (Lipinski definition) is 1. The molecule has 1 heterocycles. The molecule has 0 aliphatic carbocycles. The molecular formula is C12H13F4NS. The number of hydrogen-bond acceptors (Lipinski definition) is 2. The molecule has 2 atom stereocenters. The van der Waals surface area contributed by atoms with Gasteiger partial charge in [0.15, 0.2) is 0 Å². The minimum absolute atomic E-state index is 0.168. The highest BCUT2D eigenvalue weighted by molar-refractivity contribution is 8.00. The Hall–Kier alpha value is -0.750. The topological polar surface area (TPSA) is 26.0 Å². The number of halogens is 4. The lowest BCUT2D eigenvalue weighted by Crippen LogP contribution is -2.22. The average molecular weight is 279 g/mol. The largest absolute Gasteiger partial charge is 0.419 e. The lowest BCUT2D eigenvalue weighted by atomic mass is 10.00. The van der Waals surface area contributed by atoms with Crippen LogP contribution in [0, 0.1) is 5.82 Å². The van der Waals surface area contributed by atoms with E-state index in [1.807, 2.05) is 0 Å². The molecule has 0 spiro atoms. The van der Waals surface area contributed by atoms with Gasteiger partial charge in [-0.2, -0.15) is 24.9 Å². The summed E-state index contributed by atoms with van der Waals surface area (Å²) in [6, 6.07) is 2.54. The quantitative estimate of drug-likeness (QED) is 0.835. The first-order valence-corrected chi connectivity index (χ1v) is 6.68. The van der Waals surface area contributed by atoms with Crippen LogP contribution in [0.4, 0.5) is 17.6 Å². The zero-order valence-electron chi connectivity index (χ0n) is 9.51. The third kappa shape index (κ3) is 2.80. The van der Waals surface area contributed by atoms with E-state index in [2.05, 4.69) is 0 Å². The van der Waals surface area contributed by atoms with E-state index >= 15 is 0 Å². The molecule has 0 radical (unpaired) electrons. The third-order valence-corrected chi connectivity index (χ3v) is 4.53. The lowest BCUT2D eigenvalue weighted by molar-refractivity contribution is -0.140. The van der Waals surface area contributed by atoms with Gasteiger partial charge in [0.05, 0.1) is 5.56 Å². The summed E-state index contributed by atoms with van der Waals surface area (Å²) in [5, 5.41) is 0.168. The molecule has 2 rings (SSSR count). The second-order valence-corrected chi connectivity index (χ2v) is 5.66. The fourth-order valence-corrected chi connectivity index (χ4v) is 3.40. The van der Waals surface area contributed by atoms with E-state index < -0.39 is 23.6 Å². The van der Waals surface area contributed by atoms with Crippen LogP contribution in [0.15, 0.2) is 18.2 Å². The molecule has 0 amide bonds. The van der Waals surface area contributed by atoms with E-state index in [0.717, 1.165) is 30.7 Å². The van der Waals surface area contributed by atoms with Gasteiger partial charge >= 0.3 is 6.18 Å². The Kier molecular flexibility index (Phi) is 3.87. The standard InChI is InChI=1S/C12H13F4NS/c13-9-6-7(3-4-8(9)12(14,15)16)11(17)10-2-1-5-18-10/h3-4,6,10-11H,1-2,5,17H2. The Balaban J connectivity index is 2.23. The van der Waals surface area contributed by atoms with Gasteiger partial charge in [0, 0.05) is 11.3 Å². The summed E-state index contributed by atoms with van der Waals surface area (Å²) in [5.41, 5.74) is 5.15. The van der Waals surface area contributed by atoms with Crippen LogP contribution >= 0.6 is 11.8 Å². The predicted molar refractivity (Wildman–Crippen MR) is 63.8 cm³/mol. The normalized spacial score (nSPS) is 22.2. The van der Waals surface area contributed by atoms with Gasteiger partial charge in [-0.15, -0.1) is 0 Å². The van der Waals surface area contributed by atoms with E-state index in [9.17, 15) is 17.6 Å². The second-order valence-electron chi connectivity index (χ2n) is 4.31. The Morgan fingerprint density at radius 2 is 2.06 bits per heavy atom. The van der Waals surface area contributed by atoms with Gasteiger partial charge in [-0.25, -0.2) is 4.39 Å². The Morgan fingerprint density at radius 3 is 2.56 bits per heavy atom. The fraction of sp³-hybridized carbons (Fsp3) is 0.500. The summed E-state index contributed by atoms with van der Waals surface area (Å²) >= 11 is 1.69. The Morgan fingerprint density at radius 1 is 1.33 bits per heavy atom. The molecule has 0 saturated carbocycles. The molecule has 1 aliphatic heterocycles. The summed E-state index contributed by atoms with van der Waals surface area (Å²) in [6.07, 6.45) is -2.69. The van der Waals surface area contributed by atoms with Crippen molar-refractivity contribution in [3.8, 4) is 0 Å². The van der Waals surface area contributed by atoms with Gasteiger partial charge in [0.25, 0.3) is 0 Å². The van der Waals surface area contributed by atoms with Gasteiger partial charge in [-0.05, 0) is 36.3 Å². The van der Waals surface area contributed by atoms with E-state index in [4.69, 9.17) is 5.73 Å². The van der Waals surface area contributed by atoms with E-state index in [0.29, 0.717) is 5.56 Å². The molecular weight excluding hydrogens is 266 g/mol. The third-order valence-electron chi connectivity index (χ3n) is 3.05. The molecule has 0 bridgehead atoms. The van der Waals surface area contributed by atoms with E-state index in [1.54, 1.807) is 11.8 Å². The number of rotatable bonds is 2. The van der Waals surface area contributed by atoms with Crippen molar-refractivity contribution < 1.29 is 17.6 Å². The highest BCUT2D eigenvalue weighted by Gasteiger charge is 2.34. The van der Waals surface area contributed by atoms with Crippen molar-refractivity contribution in [2.24, 2.45) is 5.73 Å². The van der Waals surface area contributed by atoms with Crippen molar-refractivity contribution in [1.29, 1.82) is 0 Å². The molecule has 6 heteroatoms. The number of nitrogens with two attached hydrogens (primary N) is 1. The van der Waals surface area contributed by atoms with Gasteiger partial charge in [0.1, 0.15) is 5.82 Å². The van der Waals surface area contributed by atoms with Crippen molar-refractivity contribution in [3.63, 3.8) is 0 Å². The van der Waals surface area contributed by atoms with Crippen LogP contribution in [-0.4, -0.2) is 11.0 Å². The molecule has 100 valence electrons. The van der Waals surface area contributed by atoms with Crippen molar-refractivity contribution in [2.45, 2.75) is 30.3 Å². The summed E-state index contributed by atoms with van der Waals surface area (Å²) in [5.74, 6) is -0.250. The maximum absolute atomic E-state index is 13.4. The lowest BCUT2D eigenvalue weighted by Gasteiger charge is -2.19. The zero-order valence-corrected chi connectivity index (χ0v) is 10.3. The molecule has 1 saturated heterocycles. The maximum Gasteiger partial charge on any atom is 0.419 e. The maximum atomic E-state index is 13.4. The van der Waals surface area contributed by atoms with Crippen molar-refractivity contribution in [1.82, 2.24) is 0 Å². The van der Waals surface area contributed by atoms with Crippen LogP contribution in [0.25, 0.3) is 0 Å². The fourth-order valence-electron chi connectivity index (χ4n) is 2.07. The first-order chi connectivity index (χ1) is 8.39. The van der Waals surface area contributed by atoms with Gasteiger partial charge < -0.3 is 5.73 Å². The monoisotopic (exact) mass is 279 g/mol. The van der Waals surface area contributed by atoms with Crippen molar-refractivity contribution in [2.75, 3.05) is 5.75 Å². The van der Waals surface area contributed by atoms with Gasteiger partial charge in [-0.1, -0.05) is 6.07 Å². The SMILES string of the molecule is NC(c1ccc(C(F)(F)F)c(F)c1)C1CCCS1. The number of alkyl halides is 3. The van der Waals surface area contributed by atoms with Crippen LogP contribution in [0.5, 0.6) is 0 Å². The predicted octanol–water partition coefficient (Wildman–Crippen LogP) is 3.74. The smallest absolute Gasteiger partial charge is 0.323 e. The van der Waals surface area contributed by atoms with E-state index in [-0.39, 0.29) is 5.25 Å². The second kappa shape index (κ2) is 5.09. The summed E-state index contributed by atoms with van der Waals surface area (Å²) in [7, 11) is 0. The highest BCUT2D eigenvalue weighted by atomic mass is 32.2. The molecule has 1 aromatic carbocycles. The van der Waals surface area contributed by atoms with Crippen molar-refractivity contribution in [3.05, 3.63) is 35.1 Å². The van der Waals surface area contributed by atoms with Crippen LogP contribution in [0.3, 0.4) is 0 Å². The number of thioether (sulfide) groups is 1. The zero-order chi connectivity index (χ0) is 13.3. The molecule has 2 unspecified atom stereocenters. The van der Waals surface area contributed by atoms with E-state index in [1.165, 1.54) is 6.07 Å². The molecule has 1 aromatic rings. The summed E-state index contributed by atoms with van der Waals surface area (Å²) in [4.78, 5) is 0. The van der Waals surface area contributed by atoms with Gasteiger partial charge in [0.2, 0.25) is 0 Å². The highest BCUT2D eigenvalue weighted by Crippen LogP contribution is 2.37. The summed E-state index contributed by atoms with van der Waals surface area (Å²) < 4.78 is 50.6. The molecule has 1 aliphatic rings. The average Bonchev–Trinajstić information content (AvgIpc) is 2.79. The first-order valence-electron chi connectivity index (χ1n) is 5.63. The van der Waals surface area contributed by atoms with Gasteiger partial charge in [-0.3, -0.25) is 0 Å². The summed E-state index contributed by atoms with van der Waals surface area (Å²) in [6.45, 7) is 0. The number of benzene rings is 1. The molecule has 18 heavy (non-hydrogen) atoms. The van der Waals surface area contributed by atoms with Crippen LogP contribution in [0.2, 0.25) is 0 Å². The first kappa shape index (κ1) is 13.7. The molecule has 2 N–H and O–H groups in total. The van der Waals surface area contributed by atoms with Crippen LogP contribution in [0.1, 0.15) is 30.0 Å². The Bertz CT molecular complexity index is 427. The molecule has 1 nitrogen and oxygen atoms in total. The van der Waals surface area contributed by atoms with Crippen LogP contribution < -0.4 is 5.73 Å². The minimum atomic E-state index is -4.66.